The molecule has 3 amide bonds. The van der Waals surface area contributed by atoms with Crippen molar-refractivity contribution in [3.63, 3.8) is 0 Å². The molecule has 0 unspecified atom stereocenters. The fraction of sp³-hybridized carbons (Fsp3) is 0.444. The lowest BCUT2D eigenvalue weighted by atomic mass is 9.94. The number of nitrogens with one attached hydrogen (secondary N) is 1. The lowest BCUT2D eigenvalue weighted by Crippen LogP contribution is -2.41. The van der Waals surface area contributed by atoms with Gasteiger partial charge >= 0.3 is 6.03 Å². The van der Waals surface area contributed by atoms with E-state index in [0.29, 0.717) is 11.5 Å². The summed E-state index contributed by atoms with van der Waals surface area (Å²) in [6.45, 7) is 0. The van der Waals surface area contributed by atoms with Crippen molar-refractivity contribution >= 4 is 33.9 Å². The van der Waals surface area contributed by atoms with Crippen LogP contribution in [0.5, 0.6) is 11.5 Å². The van der Waals surface area contributed by atoms with Gasteiger partial charge in [0.25, 0.3) is 5.91 Å². The fourth-order valence-corrected chi connectivity index (χ4v) is 3.79. The van der Waals surface area contributed by atoms with Gasteiger partial charge in [-0.1, -0.05) is 35.2 Å². The number of carbonyl (C=O) groups excluding carboxylic acids is 2. The predicted octanol–water partition coefficient (Wildman–Crippen LogP) is 3.69. The molecule has 3 rings (SSSR count). The number of hydrogen-bond acceptors (Lipinski definition) is 4. The Kier molecular flexibility index (Phi) is 5.32. The fourth-order valence-electron chi connectivity index (χ4n) is 3.36. The maximum atomic E-state index is 12.7. The Morgan fingerprint density at radius 1 is 1.12 bits per heavy atom. The van der Waals surface area contributed by atoms with Crippen molar-refractivity contribution in [2.45, 2.75) is 38.1 Å². The summed E-state index contributed by atoms with van der Waals surface area (Å²) in [5.74, 6) is 0.874. The Morgan fingerprint density at radius 3 is 2.40 bits per heavy atom. The first kappa shape index (κ1) is 17.8. The number of hydrogen-bond donors (Lipinski definition) is 1. The molecule has 6 nitrogen and oxygen atoms in total. The third-order valence-electron chi connectivity index (χ3n) is 4.65. The highest BCUT2D eigenvalue weighted by atomic mass is 79.9. The molecule has 0 aromatic heterocycles. The minimum absolute atomic E-state index is 0.000921. The van der Waals surface area contributed by atoms with Gasteiger partial charge in [-0.2, -0.15) is 0 Å². The molecule has 0 radical (unpaired) electrons. The first-order chi connectivity index (χ1) is 12.0. The van der Waals surface area contributed by atoms with Crippen LogP contribution in [0.25, 0.3) is 6.08 Å². The highest BCUT2D eigenvalue weighted by molar-refractivity contribution is 9.10. The number of halogens is 1. The van der Waals surface area contributed by atoms with Crippen molar-refractivity contribution in [2.75, 3.05) is 14.2 Å². The van der Waals surface area contributed by atoms with Crippen LogP contribution in [0.1, 0.15) is 37.7 Å². The Labute approximate surface area is 155 Å². The van der Waals surface area contributed by atoms with Gasteiger partial charge in [0.1, 0.15) is 5.70 Å². The smallest absolute Gasteiger partial charge is 0.329 e. The number of methoxy groups -OCH3 is 2. The number of benzene rings is 1. The van der Waals surface area contributed by atoms with E-state index in [2.05, 4.69) is 21.2 Å². The topological polar surface area (TPSA) is 67.9 Å². The van der Waals surface area contributed by atoms with E-state index in [-0.39, 0.29) is 23.7 Å². The molecule has 2 aliphatic rings. The summed E-state index contributed by atoms with van der Waals surface area (Å²) in [5, 5.41) is 2.70. The van der Waals surface area contributed by atoms with E-state index < -0.39 is 0 Å². The Hall–Kier alpha value is -2.02. The third-order valence-corrected chi connectivity index (χ3v) is 5.34. The SMILES string of the molecule is COc1cc(Br)c(/C=C2\NC(=O)N(C3CCCCC3)C2=O)cc1OC. The molecule has 25 heavy (non-hydrogen) atoms. The zero-order chi connectivity index (χ0) is 18.0. The molecular weight excluding hydrogens is 388 g/mol. The largest absolute Gasteiger partial charge is 0.493 e. The molecule has 1 saturated heterocycles. The first-order valence-electron chi connectivity index (χ1n) is 8.33. The molecule has 1 aliphatic carbocycles. The standard InChI is InChI=1S/C18H21BrN2O4/c1-24-15-9-11(13(19)10-16(15)25-2)8-14-17(22)21(18(23)20-14)12-6-4-3-5-7-12/h8-10,12H,3-7H2,1-2H3,(H,20,23)/b14-8-. The second-order valence-corrected chi connectivity index (χ2v) is 7.04. The molecule has 1 aliphatic heterocycles. The quantitative estimate of drug-likeness (QED) is 0.609. The summed E-state index contributed by atoms with van der Waals surface area (Å²) in [5.41, 5.74) is 1.01. The summed E-state index contributed by atoms with van der Waals surface area (Å²) in [6.07, 6.45) is 6.71. The van der Waals surface area contributed by atoms with Crippen LogP contribution in [0, 0.1) is 0 Å². The lowest BCUT2D eigenvalue weighted by molar-refractivity contribution is -0.124. The Morgan fingerprint density at radius 2 is 1.76 bits per heavy atom. The second-order valence-electron chi connectivity index (χ2n) is 6.18. The van der Waals surface area contributed by atoms with Crippen LogP contribution in [-0.4, -0.2) is 37.1 Å². The Balaban J connectivity index is 1.89. The van der Waals surface area contributed by atoms with Gasteiger partial charge in [-0.05, 0) is 36.6 Å². The number of amides is 3. The minimum Gasteiger partial charge on any atom is -0.493 e. The van der Waals surface area contributed by atoms with Crippen LogP contribution in [0.2, 0.25) is 0 Å². The molecule has 1 aromatic rings. The zero-order valence-corrected chi connectivity index (χ0v) is 15.9. The van der Waals surface area contributed by atoms with Crippen LogP contribution < -0.4 is 14.8 Å². The van der Waals surface area contributed by atoms with Gasteiger partial charge in [0.2, 0.25) is 0 Å². The summed E-state index contributed by atoms with van der Waals surface area (Å²) in [6, 6.07) is 3.20. The van der Waals surface area contributed by atoms with Crippen LogP contribution in [-0.2, 0) is 4.79 Å². The summed E-state index contributed by atoms with van der Waals surface area (Å²) >= 11 is 3.47. The highest BCUT2D eigenvalue weighted by Gasteiger charge is 2.39. The molecule has 1 heterocycles. The van der Waals surface area contributed by atoms with Gasteiger partial charge in [-0.3, -0.25) is 9.69 Å². The molecule has 0 atom stereocenters. The van der Waals surface area contributed by atoms with Crippen LogP contribution in [0.4, 0.5) is 4.79 Å². The maximum Gasteiger partial charge on any atom is 0.329 e. The van der Waals surface area contributed by atoms with Gasteiger partial charge in [0.05, 0.1) is 14.2 Å². The molecule has 1 N–H and O–H groups in total. The van der Waals surface area contributed by atoms with E-state index in [9.17, 15) is 9.59 Å². The van der Waals surface area contributed by atoms with Gasteiger partial charge in [-0.15, -0.1) is 0 Å². The zero-order valence-electron chi connectivity index (χ0n) is 14.3. The van der Waals surface area contributed by atoms with Crippen molar-refractivity contribution in [2.24, 2.45) is 0 Å². The summed E-state index contributed by atoms with van der Waals surface area (Å²) < 4.78 is 11.3. The van der Waals surface area contributed by atoms with Crippen molar-refractivity contribution in [1.29, 1.82) is 0 Å². The van der Waals surface area contributed by atoms with Crippen molar-refractivity contribution < 1.29 is 19.1 Å². The van der Waals surface area contributed by atoms with E-state index >= 15 is 0 Å². The van der Waals surface area contributed by atoms with E-state index in [4.69, 9.17) is 9.47 Å². The average molecular weight is 409 g/mol. The molecule has 0 bridgehead atoms. The summed E-state index contributed by atoms with van der Waals surface area (Å²) in [7, 11) is 3.11. The van der Waals surface area contributed by atoms with Crippen molar-refractivity contribution in [1.82, 2.24) is 10.2 Å². The lowest BCUT2D eigenvalue weighted by Gasteiger charge is -2.28. The average Bonchev–Trinajstić information content (AvgIpc) is 2.90. The summed E-state index contributed by atoms with van der Waals surface area (Å²) in [4.78, 5) is 26.4. The van der Waals surface area contributed by atoms with Gasteiger partial charge < -0.3 is 14.8 Å². The van der Waals surface area contributed by atoms with Crippen molar-refractivity contribution in [3.05, 3.63) is 27.9 Å². The highest BCUT2D eigenvalue weighted by Crippen LogP contribution is 2.35. The van der Waals surface area contributed by atoms with Gasteiger partial charge in [-0.25, -0.2) is 4.79 Å². The number of imide groups is 1. The Bertz CT molecular complexity index is 726. The predicted molar refractivity (Wildman–Crippen MR) is 97.5 cm³/mol. The minimum atomic E-state index is -0.334. The number of ether oxygens (including phenoxy) is 2. The third kappa shape index (κ3) is 3.51. The normalized spacial score (nSPS) is 20.1. The van der Waals surface area contributed by atoms with E-state index in [1.165, 1.54) is 11.3 Å². The van der Waals surface area contributed by atoms with Crippen LogP contribution >= 0.6 is 15.9 Å². The van der Waals surface area contributed by atoms with Crippen LogP contribution in [0.3, 0.4) is 0 Å². The van der Waals surface area contributed by atoms with Gasteiger partial charge in [0.15, 0.2) is 11.5 Å². The molecule has 2 fully saturated rings. The monoisotopic (exact) mass is 408 g/mol. The van der Waals surface area contributed by atoms with E-state index in [1.54, 1.807) is 32.4 Å². The van der Waals surface area contributed by atoms with E-state index in [1.807, 2.05) is 0 Å². The number of urea groups is 1. The molecule has 1 saturated carbocycles. The van der Waals surface area contributed by atoms with Crippen molar-refractivity contribution in [3.8, 4) is 11.5 Å². The van der Waals surface area contributed by atoms with E-state index in [0.717, 1.165) is 35.7 Å². The van der Waals surface area contributed by atoms with Crippen LogP contribution in [0.15, 0.2) is 22.3 Å². The first-order valence-corrected chi connectivity index (χ1v) is 9.12. The molecular formula is C18H21BrN2O4. The number of carbonyl (C=O) groups is 2. The maximum absolute atomic E-state index is 12.7. The molecule has 1 aromatic carbocycles. The number of rotatable bonds is 4. The molecule has 7 heteroatoms. The molecule has 0 spiro atoms. The second kappa shape index (κ2) is 7.47. The van der Waals surface area contributed by atoms with Gasteiger partial charge in [0, 0.05) is 10.5 Å². The molecule has 134 valence electrons. The number of nitrogens with zero attached hydrogens (tertiary/aromatic N) is 1.